The van der Waals surface area contributed by atoms with Gasteiger partial charge in [-0.2, -0.15) is 0 Å². The molecule has 1 aromatic rings. The highest BCUT2D eigenvalue weighted by Gasteiger charge is 2.35. The molecule has 1 fully saturated rings. The van der Waals surface area contributed by atoms with E-state index in [0.29, 0.717) is 0 Å². The van der Waals surface area contributed by atoms with Gasteiger partial charge in [0.15, 0.2) is 0 Å². The van der Waals surface area contributed by atoms with Gasteiger partial charge in [0.2, 0.25) is 5.91 Å². The fourth-order valence-corrected chi connectivity index (χ4v) is 2.77. The van der Waals surface area contributed by atoms with Crippen LogP contribution in [-0.4, -0.2) is 19.0 Å². The molecule has 4 heteroatoms. The van der Waals surface area contributed by atoms with Crippen LogP contribution in [0.4, 0.5) is 0 Å². The maximum Gasteiger partial charge on any atom is 0.227 e. The number of rotatable bonds is 3. The number of hydrogen-bond acceptors (Lipinski definition) is 2. The molecule has 2 atom stereocenters. The maximum absolute atomic E-state index is 12.5. The molecule has 2 rings (SSSR count). The predicted octanol–water partition coefficient (Wildman–Crippen LogP) is 2.98. The molecule has 0 aliphatic carbocycles. The van der Waals surface area contributed by atoms with Crippen molar-refractivity contribution in [1.29, 1.82) is 0 Å². The van der Waals surface area contributed by atoms with Crippen LogP contribution in [0.5, 0.6) is 0 Å². The summed E-state index contributed by atoms with van der Waals surface area (Å²) in [6.07, 6.45) is 2.04. The summed E-state index contributed by atoms with van der Waals surface area (Å²) < 4.78 is 0. The third-order valence-corrected chi connectivity index (χ3v) is 4.15. The molecule has 2 N–H and O–H groups in total. The Balaban J connectivity index is 0.00000200. The van der Waals surface area contributed by atoms with Crippen molar-refractivity contribution in [2.45, 2.75) is 39.7 Å². The fraction of sp³-hybridized carbons (Fsp3) is 0.562. The molecule has 1 aromatic carbocycles. The lowest BCUT2D eigenvalue weighted by Gasteiger charge is -2.34. The van der Waals surface area contributed by atoms with Crippen LogP contribution in [-0.2, 0) is 4.79 Å². The largest absolute Gasteiger partial charge is 0.349 e. The first-order valence-electron chi connectivity index (χ1n) is 7.10. The molecule has 1 amide bonds. The van der Waals surface area contributed by atoms with E-state index in [1.165, 1.54) is 11.1 Å². The first-order chi connectivity index (χ1) is 9.03. The zero-order valence-electron chi connectivity index (χ0n) is 12.5. The Bertz CT molecular complexity index is 456. The Morgan fingerprint density at radius 3 is 2.70 bits per heavy atom. The van der Waals surface area contributed by atoms with Crippen LogP contribution in [0.15, 0.2) is 24.3 Å². The van der Waals surface area contributed by atoms with Gasteiger partial charge in [-0.15, -0.1) is 12.4 Å². The average molecular weight is 297 g/mol. The second kappa shape index (κ2) is 7.09. The lowest BCUT2D eigenvalue weighted by molar-refractivity contribution is -0.131. The molecule has 0 saturated carbocycles. The van der Waals surface area contributed by atoms with E-state index in [-0.39, 0.29) is 29.8 Å². The summed E-state index contributed by atoms with van der Waals surface area (Å²) in [5, 5.41) is 6.49. The van der Waals surface area contributed by atoms with Crippen molar-refractivity contribution in [3.63, 3.8) is 0 Å². The summed E-state index contributed by atoms with van der Waals surface area (Å²) in [5.41, 5.74) is 2.15. The van der Waals surface area contributed by atoms with Crippen molar-refractivity contribution < 1.29 is 4.79 Å². The summed E-state index contributed by atoms with van der Waals surface area (Å²) in [6, 6.07) is 8.28. The lowest BCUT2D eigenvalue weighted by atomic mass is 9.81. The molecule has 0 bridgehead atoms. The molecule has 2 unspecified atom stereocenters. The first-order valence-corrected chi connectivity index (χ1v) is 7.10. The van der Waals surface area contributed by atoms with E-state index in [4.69, 9.17) is 0 Å². The predicted molar refractivity (Wildman–Crippen MR) is 85.2 cm³/mol. The van der Waals surface area contributed by atoms with Gasteiger partial charge < -0.3 is 10.6 Å². The van der Waals surface area contributed by atoms with Crippen LogP contribution >= 0.6 is 12.4 Å². The molecule has 0 radical (unpaired) electrons. The number of piperidine rings is 1. The lowest BCUT2D eigenvalue weighted by Crippen LogP contribution is -2.49. The van der Waals surface area contributed by atoms with E-state index >= 15 is 0 Å². The van der Waals surface area contributed by atoms with E-state index in [2.05, 4.69) is 43.5 Å². The third kappa shape index (κ3) is 3.74. The summed E-state index contributed by atoms with van der Waals surface area (Å²) in [7, 11) is 0. The minimum absolute atomic E-state index is 0. The zero-order valence-corrected chi connectivity index (χ0v) is 13.3. The van der Waals surface area contributed by atoms with Crippen molar-refractivity contribution in [3.8, 4) is 0 Å². The quantitative estimate of drug-likeness (QED) is 0.900. The second-order valence-corrected chi connectivity index (χ2v) is 5.89. The van der Waals surface area contributed by atoms with Crippen LogP contribution in [0, 0.1) is 12.3 Å². The van der Waals surface area contributed by atoms with Gasteiger partial charge in [-0.1, -0.05) is 24.3 Å². The van der Waals surface area contributed by atoms with Gasteiger partial charge in [0.1, 0.15) is 0 Å². The summed E-state index contributed by atoms with van der Waals surface area (Å²) >= 11 is 0. The Morgan fingerprint density at radius 1 is 1.40 bits per heavy atom. The number of carbonyl (C=O) groups excluding carboxylic acids is 1. The minimum atomic E-state index is -0.269. The molecule has 1 saturated heterocycles. The van der Waals surface area contributed by atoms with Crippen molar-refractivity contribution in [2.75, 3.05) is 13.1 Å². The maximum atomic E-state index is 12.5. The van der Waals surface area contributed by atoms with E-state index in [1.807, 2.05) is 12.1 Å². The number of nitrogens with one attached hydrogen (secondary N) is 2. The Morgan fingerprint density at radius 2 is 2.10 bits per heavy atom. The first kappa shape index (κ1) is 17.0. The van der Waals surface area contributed by atoms with Crippen molar-refractivity contribution >= 4 is 18.3 Å². The van der Waals surface area contributed by atoms with Crippen LogP contribution in [0.25, 0.3) is 0 Å². The van der Waals surface area contributed by atoms with Crippen LogP contribution < -0.4 is 10.6 Å². The second-order valence-electron chi connectivity index (χ2n) is 5.89. The van der Waals surface area contributed by atoms with Gasteiger partial charge in [-0.3, -0.25) is 4.79 Å². The van der Waals surface area contributed by atoms with Gasteiger partial charge in [0, 0.05) is 6.54 Å². The number of aryl methyl sites for hydroxylation is 1. The summed E-state index contributed by atoms with van der Waals surface area (Å²) in [6.45, 7) is 8.00. The molecular formula is C16H25ClN2O. The standard InChI is InChI=1S/C16H24N2O.ClH/c1-12-7-4-5-8-14(12)13(2)18-15(19)16(3)9-6-10-17-11-16;/h4-5,7-8,13,17H,6,9-11H2,1-3H3,(H,18,19);1H. The van der Waals surface area contributed by atoms with Crippen molar-refractivity contribution in [3.05, 3.63) is 35.4 Å². The van der Waals surface area contributed by atoms with E-state index in [1.54, 1.807) is 0 Å². The average Bonchev–Trinajstić information content (AvgIpc) is 2.40. The van der Waals surface area contributed by atoms with Crippen LogP contribution in [0.3, 0.4) is 0 Å². The molecule has 112 valence electrons. The highest BCUT2D eigenvalue weighted by atomic mass is 35.5. The number of carbonyl (C=O) groups is 1. The van der Waals surface area contributed by atoms with Gasteiger partial charge in [0.25, 0.3) is 0 Å². The van der Waals surface area contributed by atoms with Gasteiger partial charge in [0.05, 0.1) is 11.5 Å². The topological polar surface area (TPSA) is 41.1 Å². The summed E-state index contributed by atoms with van der Waals surface area (Å²) in [5.74, 6) is 0.162. The molecule has 1 aliphatic heterocycles. The monoisotopic (exact) mass is 296 g/mol. The Labute approximate surface area is 127 Å². The number of amides is 1. The third-order valence-electron chi connectivity index (χ3n) is 4.15. The van der Waals surface area contributed by atoms with E-state index in [0.717, 1.165) is 25.9 Å². The van der Waals surface area contributed by atoms with Gasteiger partial charge in [-0.05, 0) is 51.3 Å². The SMILES string of the molecule is Cc1ccccc1C(C)NC(=O)C1(C)CCCNC1.Cl. The number of halogens is 1. The van der Waals surface area contributed by atoms with Crippen molar-refractivity contribution in [1.82, 2.24) is 10.6 Å². The molecule has 1 heterocycles. The molecule has 3 nitrogen and oxygen atoms in total. The molecule has 1 aliphatic rings. The van der Waals surface area contributed by atoms with Crippen LogP contribution in [0.1, 0.15) is 43.9 Å². The van der Waals surface area contributed by atoms with Gasteiger partial charge in [-0.25, -0.2) is 0 Å². The normalized spacial score (nSPS) is 23.6. The Kier molecular flexibility index (Phi) is 6.03. The van der Waals surface area contributed by atoms with E-state index in [9.17, 15) is 4.79 Å². The van der Waals surface area contributed by atoms with Gasteiger partial charge >= 0.3 is 0 Å². The molecule has 20 heavy (non-hydrogen) atoms. The number of hydrogen-bond donors (Lipinski definition) is 2. The molecule has 0 aromatic heterocycles. The van der Waals surface area contributed by atoms with Crippen LogP contribution in [0.2, 0.25) is 0 Å². The van der Waals surface area contributed by atoms with Crippen molar-refractivity contribution in [2.24, 2.45) is 5.41 Å². The minimum Gasteiger partial charge on any atom is -0.349 e. The molecular weight excluding hydrogens is 272 g/mol. The highest BCUT2D eigenvalue weighted by molar-refractivity contribution is 5.85. The summed E-state index contributed by atoms with van der Waals surface area (Å²) in [4.78, 5) is 12.5. The Hall–Kier alpha value is -1.06. The highest BCUT2D eigenvalue weighted by Crippen LogP contribution is 2.27. The smallest absolute Gasteiger partial charge is 0.227 e. The number of benzene rings is 1. The zero-order chi connectivity index (χ0) is 13.9. The fourth-order valence-electron chi connectivity index (χ4n) is 2.77. The van der Waals surface area contributed by atoms with E-state index < -0.39 is 0 Å². The molecule has 0 spiro atoms.